The number of hydrogen-bond donors (Lipinski definition) is 2. The van der Waals surface area contributed by atoms with Crippen molar-refractivity contribution in [1.82, 2.24) is 9.97 Å². The highest BCUT2D eigenvalue weighted by Gasteiger charge is 2.06. The number of nitrogens with one attached hydrogen (secondary N) is 1. The summed E-state index contributed by atoms with van der Waals surface area (Å²) in [6, 6.07) is 0. The summed E-state index contributed by atoms with van der Waals surface area (Å²) in [6.45, 7) is 2.09. The molecule has 0 aliphatic carbocycles. The Morgan fingerprint density at radius 3 is 2.85 bits per heavy atom. The van der Waals surface area contributed by atoms with Gasteiger partial charge in [0.1, 0.15) is 16.6 Å². The van der Waals surface area contributed by atoms with Gasteiger partial charge in [-0.3, -0.25) is 5.41 Å². The fourth-order valence-electron chi connectivity index (χ4n) is 0.814. The van der Waals surface area contributed by atoms with Gasteiger partial charge in [0.15, 0.2) is 0 Å². The van der Waals surface area contributed by atoms with Crippen LogP contribution < -0.4 is 5.73 Å². The first kappa shape index (κ1) is 9.98. The van der Waals surface area contributed by atoms with Crippen molar-refractivity contribution in [2.75, 3.05) is 5.75 Å². The van der Waals surface area contributed by atoms with Crippen molar-refractivity contribution in [3.05, 3.63) is 18.1 Å². The van der Waals surface area contributed by atoms with Gasteiger partial charge in [0.05, 0.1) is 0 Å². The lowest BCUT2D eigenvalue weighted by Gasteiger charge is -2.03. The number of nitrogen functional groups attached to an aromatic ring is 1. The Bertz CT molecular complexity index is 300. The first-order valence-electron chi connectivity index (χ1n) is 4.04. The Morgan fingerprint density at radius 1 is 1.54 bits per heavy atom. The van der Waals surface area contributed by atoms with Crippen molar-refractivity contribution in [1.29, 1.82) is 5.41 Å². The zero-order valence-electron chi connectivity index (χ0n) is 7.45. The predicted molar refractivity (Wildman–Crippen MR) is 54.1 cm³/mol. The quantitative estimate of drug-likeness (QED) is 0.432. The summed E-state index contributed by atoms with van der Waals surface area (Å²) in [5, 5.41) is 8.02. The molecule has 0 spiro atoms. The molecular formula is C8H12N4S. The SMILES string of the molecule is CCCSc1nccnc1C(=N)N. The number of amidine groups is 1. The molecule has 0 unspecified atom stereocenters. The summed E-state index contributed by atoms with van der Waals surface area (Å²) in [7, 11) is 0. The Kier molecular flexibility index (Phi) is 3.70. The molecule has 0 aliphatic heterocycles. The maximum atomic E-state index is 7.27. The van der Waals surface area contributed by atoms with Crippen molar-refractivity contribution in [3.8, 4) is 0 Å². The van der Waals surface area contributed by atoms with Gasteiger partial charge in [0.2, 0.25) is 0 Å². The zero-order chi connectivity index (χ0) is 9.68. The molecule has 3 N–H and O–H groups in total. The Hall–Kier alpha value is -1.10. The number of aromatic nitrogens is 2. The summed E-state index contributed by atoms with van der Waals surface area (Å²) >= 11 is 1.58. The largest absolute Gasteiger partial charge is 0.382 e. The van der Waals surface area contributed by atoms with E-state index in [4.69, 9.17) is 11.1 Å². The summed E-state index contributed by atoms with van der Waals surface area (Å²) < 4.78 is 0. The molecular weight excluding hydrogens is 184 g/mol. The van der Waals surface area contributed by atoms with Crippen LogP contribution in [0.4, 0.5) is 0 Å². The first-order valence-corrected chi connectivity index (χ1v) is 5.02. The minimum Gasteiger partial charge on any atom is -0.382 e. The second kappa shape index (κ2) is 4.81. The topological polar surface area (TPSA) is 75.7 Å². The summed E-state index contributed by atoms with van der Waals surface area (Å²) in [5.74, 6) is 0.950. The normalized spacial score (nSPS) is 9.92. The van der Waals surface area contributed by atoms with E-state index in [0.29, 0.717) is 5.69 Å². The van der Waals surface area contributed by atoms with Crippen molar-refractivity contribution in [2.45, 2.75) is 18.4 Å². The van der Waals surface area contributed by atoms with Gasteiger partial charge in [-0.15, -0.1) is 11.8 Å². The van der Waals surface area contributed by atoms with Crippen molar-refractivity contribution < 1.29 is 0 Å². The number of rotatable bonds is 4. The van der Waals surface area contributed by atoms with Crippen LogP contribution in [0.1, 0.15) is 19.0 Å². The molecule has 0 aromatic carbocycles. The maximum Gasteiger partial charge on any atom is 0.144 e. The molecule has 5 heteroatoms. The van der Waals surface area contributed by atoms with Crippen LogP contribution in [-0.2, 0) is 0 Å². The third-order valence-corrected chi connectivity index (χ3v) is 2.55. The van der Waals surface area contributed by atoms with Crippen LogP contribution in [-0.4, -0.2) is 21.6 Å². The Morgan fingerprint density at radius 2 is 2.23 bits per heavy atom. The third kappa shape index (κ3) is 2.69. The van der Waals surface area contributed by atoms with Gasteiger partial charge in [0.25, 0.3) is 0 Å². The average molecular weight is 196 g/mol. The third-order valence-electron chi connectivity index (χ3n) is 1.36. The van der Waals surface area contributed by atoms with E-state index in [1.807, 2.05) is 0 Å². The van der Waals surface area contributed by atoms with Gasteiger partial charge in [-0.2, -0.15) is 0 Å². The number of thioether (sulfide) groups is 1. The van der Waals surface area contributed by atoms with E-state index in [1.54, 1.807) is 24.2 Å². The first-order chi connectivity index (χ1) is 6.25. The molecule has 0 atom stereocenters. The molecule has 0 aliphatic rings. The highest BCUT2D eigenvalue weighted by Crippen LogP contribution is 2.18. The highest BCUT2D eigenvalue weighted by atomic mass is 32.2. The lowest BCUT2D eigenvalue weighted by atomic mass is 10.4. The summed E-state index contributed by atoms with van der Waals surface area (Å²) in [6.07, 6.45) is 4.23. The van der Waals surface area contributed by atoms with Crippen LogP contribution in [0.15, 0.2) is 17.4 Å². The number of nitrogens with zero attached hydrogens (tertiary/aromatic N) is 2. The van der Waals surface area contributed by atoms with Gasteiger partial charge < -0.3 is 5.73 Å². The van der Waals surface area contributed by atoms with E-state index in [0.717, 1.165) is 17.2 Å². The molecule has 0 amide bonds. The molecule has 1 heterocycles. The van der Waals surface area contributed by atoms with Crippen LogP contribution in [0.5, 0.6) is 0 Å². The van der Waals surface area contributed by atoms with E-state index in [-0.39, 0.29) is 5.84 Å². The van der Waals surface area contributed by atoms with Crippen LogP contribution in [0.25, 0.3) is 0 Å². The molecule has 0 fully saturated rings. The second-order valence-electron chi connectivity index (χ2n) is 2.47. The average Bonchev–Trinajstić information content (AvgIpc) is 2.15. The molecule has 0 radical (unpaired) electrons. The predicted octanol–water partition coefficient (Wildman–Crippen LogP) is 1.26. The molecule has 1 aromatic heterocycles. The molecule has 0 bridgehead atoms. The second-order valence-corrected chi connectivity index (χ2v) is 3.56. The Balaban J connectivity index is 2.84. The highest BCUT2D eigenvalue weighted by molar-refractivity contribution is 7.99. The zero-order valence-corrected chi connectivity index (χ0v) is 8.27. The van der Waals surface area contributed by atoms with E-state index in [9.17, 15) is 0 Å². The smallest absolute Gasteiger partial charge is 0.144 e. The van der Waals surface area contributed by atoms with Crippen LogP contribution >= 0.6 is 11.8 Å². The van der Waals surface area contributed by atoms with Gasteiger partial charge in [-0.05, 0) is 12.2 Å². The monoisotopic (exact) mass is 196 g/mol. The van der Waals surface area contributed by atoms with Crippen molar-refractivity contribution in [3.63, 3.8) is 0 Å². The minimum atomic E-state index is -0.0216. The van der Waals surface area contributed by atoms with Crippen LogP contribution in [0.3, 0.4) is 0 Å². The summed E-state index contributed by atoms with van der Waals surface area (Å²) in [5.41, 5.74) is 5.84. The van der Waals surface area contributed by atoms with Crippen LogP contribution in [0.2, 0.25) is 0 Å². The van der Waals surface area contributed by atoms with E-state index < -0.39 is 0 Å². The fourth-order valence-corrected chi connectivity index (χ4v) is 1.65. The summed E-state index contributed by atoms with van der Waals surface area (Å²) in [4.78, 5) is 8.12. The standard InChI is InChI=1S/C8H12N4S/c1-2-5-13-8-6(7(9)10)11-3-4-12-8/h3-4H,2,5H2,1H3,(H3,9,10). The fraction of sp³-hybridized carbons (Fsp3) is 0.375. The molecule has 13 heavy (non-hydrogen) atoms. The molecule has 0 saturated carbocycles. The van der Waals surface area contributed by atoms with Crippen molar-refractivity contribution in [2.24, 2.45) is 5.73 Å². The van der Waals surface area contributed by atoms with E-state index >= 15 is 0 Å². The lowest BCUT2D eigenvalue weighted by molar-refractivity contribution is 1.02. The van der Waals surface area contributed by atoms with E-state index in [2.05, 4.69) is 16.9 Å². The lowest BCUT2D eigenvalue weighted by Crippen LogP contribution is -2.15. The molecule has 1 aromatic rings. The molecule has 70 valence electrons. The molecule has 1 rings (SSSR count). The Labute approximate surface area is 81.5 Å². The maximum absolute atomic E-state index is 7.27. The van der Waals surface area contributed by atoms with Gasteiger partial charge >= 0.3 is 0 Å². The molecule has 4 nitrogen and oxygen atoms in total. The van der Waals surface area contributed by atoms with Crippen LogP contribution in [0, 0.1) is 5.41 Å². The van der Waals surface area contributed by atoms with Crippen molar-refractivity contribution >= 4 is 17.6 Å². The van der Waals surface area contributed by atoms with E-state index in [1.165, 1.54) is 0 Å². The van der Waals surface area contributed by atoms with Gasteiger partial charge in [0, 0.05) is 12.4 Å². The van der Waals surface area contributed by atoms with Gasteiger partial charge in [-0.25, -0.2) is 9.97 Å². The van der Waals surface area contributed by atoms with Gasteiger partial charge in [-0.1, -0.05) is 6.92 Å². The molecule has 0 saturated heterocycles. The number of hydrogen-bond acceptors (Lipinski definition) is 4. The minimum absolute atomic E-state index is 0.0216. The number of nitrogens with two attached hydrogens (primary N) is 1.